The minimum atomic E-state index is 0.377. The number of benzene rings is 2. The van der Waals surface area contributed by atoms with E-state index < -0.39 is 0 Å². The van der Waals surface area contributed by atoms with Gasteiger partial charge in [0.1, 0.15) is 17.5 Å². The SMILES string of the molecule is Clc1cnc(COc2ccc3ccccc3c2)cn1. The van der Waals surface area contributed by atoms with Crippen molar-refractivity contribution < 1.29 is 4.74 Å². The lowest BCUT2D eigenvalue weighted by Gasteiger charge is -2.06. The molecule has 94 valence electrons. The van der Waals surface area contributed by atoms with Gasteiger partial charge < -0.3 is 4.74 Å². The maximum atomic E-state index is 5.69. The van der Waals surface area contributed by atoms with Crippen LogP contribution in [0.2, 0.25) is 5.15 Å². The highest BCUT2D eigenvalue weighted by atomic mass is 35.5. The van der Waals surface area contributed by atoms with Gasteiger partial charge in [-0.15, -0.1) is 0 Å². The molecule has 0 spiro atoms. The van der Waals surface area contributed by atoms with E-state index in [-0.39, 0.29) is 0 Å². The summed E-state index contributed by atoms with van der Waals surface area (Å²) in [6.07, 6.45) is 3.13. The Morgan fingerprint density at radius 3 is 2.58 bits per heavy atom. The Labute approximate surface area is 115 Å². The van der Waals surface area contributed by atoms with Gasteiger partial charge in [-0.2, -0.15) is 0 Å². The lowest BCUT2D eigenvalue weighted by atomic mass is 10.1. The molecule has 0 aliphatic rings. The van der Waals surface area contributed by atoms with Crippen LogP contribution in [0.15, 0.2) is 54.9 Å². The zero-order chi connectivity index (χ0) is 13.1. The van der Waals surface area contributed by atoms with Crippen molar-refractivity contribution in [3.63, 3.8) is 0 Å². The van der Waals surface area contributed by atoms with Crippen molar-refractivity contribution in [2.45, 2.75) is 6.61 Å². The molecule has 0 saturated heterocycles. The molecular weight excluding hydrogens is 260 g/mol. The van der Waals surface area contributed by atoms with Crippen LogP contribution >= 0.6 is 11.6 Å². The number of halogens is 1. The number of hydrogen-bond acceptors (Lipinski definition) is 3. The Bertz CT molecular complexity index is 698. The molecule has 0 saturated carbocycles. The van der Waals surface area contributed by atoms with Crippen LogP contribution in [0, 0.1) is 0 Å². The monoisotopic (exact) mass is 270 g/mol. The van der Waals surface area contributed by atoms with E-state index in [0.717, 1.165) is 16.8 Å². The summed E-state index contributed by atoms with van der Waals surface area (Å²) in [6.45, 7) is 0.377. The molecule has 4 heteroatoms. The lowest BCUT2D eigenvalue weighted by molar-refractivity contribution is 0.301. The molecule has 1 aromatic heterocycles. The molecule has 0 fully saturated rings. The molecule has 0 aliphatic carbocycles. The fraction of sp³-hybridized carbons (Fsp3) is 0.0667. The Morgan fingerprint density at radius 1 is 0.947 bits per heavy atom. The van der Waals surface area contributed by atoms with Gasteiger partial charge in [0.05, 0.1) is 18.1 Å². The number of hydrogen-bond donors (Lipinski definition) is 0. The summed E-state index contributed by atoms with van der Waals surface area (Å²) in [6, 6.07) is 14.2. The molecule has 0 atom stereocenters. The first-order chi connectivity index (χ1) is 9.31. The highest BCUT2D eigenvalue weighted by molar-refractivity contribution is 6.29. The molecule has 0 N–H and O–H groups in total. The van der Waals surface area contributed by atoms with Crippen molar-refractivity contribution in [1.29, 1.82) is 0 Å². The Hall–Kier alpha value is -2.13. The van der Waals surface area contributed by atoms with E-state index >= 15 is 0 Å². The third kappa shape index (κ3) is 2.83. The van der Waals surface area contributed by atoms with Crippen molar-refractivity contribution in [3.05, 3.63) is 65.7 Å². The van der Waals surface area contributed by atoms with Crippen LogP contribution in [0.5, 0.6) is 5.75 Å². The lowest BCUT2D eigenvalue weighted by Crippen LogP contribution is -1.98. The van der Waals surface area contributed by atoms with Gasteiger partial charge in [0.25, 0.3) is 0 Å². The minimum absolute atomic E-state index is 0.377. The fourth-order valence-electron chi connectivity index (χ4n) is 1.83. The molecule has 3 aromatic rings. The zero-order valence-corrected chi connectivity index (χ0v) is 10.8. The third-order valence-electron chi connectivity index (χ3n) is 2.78. The van der Waals surface area contributed by atoms with Gasteiger partial charge in [-0.25, -0.2) is 4.98 Å². The minimum Gasteiger partial charge on any atom is -0.487 e. The van der Waals surface area contributed by atoms with E-state index in [0.29, 0.717) is 11.8 Å². The van der Waals surface area contributed by atoms with E-state index in [2.05, 4.69) is 22.1 Å². The van der Waals surface area contributed by atoms with Crippen LogP contribution in [0.1, 0.15) is 5.69 Å². The molecular formula is C15H11ClN2O. The van der Waals surface area contributed by atoms with Crippen LogP contribution in [0.3, 0.4) is 0 Å². The first-order valence-electron chi connectivity index (χ1n) is 5.89. The highest BCUT2D eigenvalue weighted by Crippen LogP contribution is 2.21. The number of aromatic nitrogens is 2. The van der Waals surface area contributed by atoms with Gasteiger partial charge in [0.2, 0.25) is 0 Å². The second-order valence-electron chi connectivity index (χ2n) is 4.13. The number of nitrogens with zero attached hydrogens (tertiary/aromatic N) is 2. The van der Waals surface area contributed by atoms with Crippen molar-refractivity contribution in [3.8, 4) is 5.75 Å². The first kappa shape index (κ1) is 11.9. The highest BCUT2D eigenvalue weighted by Gasteiger charge is 2.00. The molecule has 0 bridgehead atoms. The van der Waals surface area contributed by atoms with E-state index in [1.54, 1.807) is 6.20 Å². The normalized spacial score (nSPS) is 10.6. The molecule has 0 radical (unpaired) electrons. The van der Waals surface area contributed by atoms with Gasteiger partial charge in [-0.3, -0.25) is 4.98 Å². The fourth-order valence-corrected chi connectivity index (χ4v) is 1.93. The molecule has 0 aliphatic heterocycles. The largest absolute Gasteiger partial charge is 0.487 e. The summed E-state index contributed by atoms with van der Waals surface area (Å²) < 4.78 is 5.69. The predicted molar refractivity (Wildman–Crippen MR) is 75.3 cm³/mol. The van der Waals surface area contributed by atoms with E-state index in [1.165, 1.54) is 11.6 Å². The number of rotatable bonds is 3. The van der Waals surface area contributed by atoms with E-state index in [4.69, 9.17) is 16.3 Å². The molecule has 3 rings (SSSR count). The molecule has 0 amide bonds. The van der Waals surface area contributed by atoms with Crippen molar-refractivity contribution in [1.82, 2.24) is 9.97 Å². The second-order valence-corrected chi connectivity index (χ2v) is 4.52. The number of fused-ring (bicyclic) bond motifs is 1. The second kappa shape index (κ2) is 5.24. The summed E-state index contributed by atoms with van der Waals surface area (Å²) in [7, 11) is 0. The third-order valence-corrected chi connectivity index (χ3v) is 2.98. The Kier molecular flexibility index (Phi) is 3.29. The smallest absolute Gasteiger partial charge is 0.147 e. The molecule has 3 nitrogen and oxygen atoms in total. The summed E-state index contributed by atoms with van der Waals surface area (Å²) in [5, 5.41) is 2.73. The van der Waals surface area contributed by atoms with Gasteiger partial charge in [-0.05, 0) is 22.9 Å². The Balaban J connectivity index is 1.76. The van der Waals surface area contributed by atoms with Crippen LogP contribution < -0.4 is 4.74 Å². The average molecular weight is 271 g/mol. The van der Waals surface area contributed by atoms with Crippen LogP contribution in [-0.2, 0) is 6.61 Å². The summed E-state index contributed by atoms with van der Waals surface area (Å²) in [5.41, 5.74) is 0.748. The quantitative estimate of drug-likeness (QED) is 0.725. The summed E-state index contributed by atoms with van der Waals surface area (Å²) >= 11 is 5.68. The van der Waals surface area contributed by atoms with Crippen LogP contribution in [0.25, 0.3) is 10.8 Å². The molecule has 2 aromatic carbocycles. The predicted octanol–water partition coefficient (Wildman–Crippen LogP) is 3.86. The molecule has 0 unspecified atom stereocenters. The Morgan fingerprint density at radius 2 is 1.79 bits per heavy atom. The van der Waals surface area contributed by atoms with Crippen molar-refractivity contribution in [2.75, 3.05) is 0 Å². The first-order valence-corrected chi connectivity index (χ1v) is 6.27. The maximum absolute atomic E-state index is 5.69. The van der Waals surface area contributed by atoms with Gasteiger partial charge >= 0.3 is 0 Å². The van der Waals surface area contributed by atoms with Gasteiger partial charge in [-0.1, -0.05) is 41.9 Å². The molecule has 1 heterocycles. The van der Waals surface area contributed by atoms with Crippen LogP contribution in [-0.4, -0.2) is 9.97 Å². The van der Waals surface area contributed by atoms with E-state index in [1.807, 2.05) is 30.3 Å². The van der Waals surface area contributed by atoms with Gasteiger partial charge in [0.15, 0.2) is 0 Å². The zero-order valence-electron chi connectivity index (χ0n) is 10.1. The average Bonchev–Trinajstić information content (AvgIpc) is 2.46. The topological polar surface area (TPSA) is 35.0 Å². The number of ether oxygens (including phenoxy) is 1. The van der Waals surface area contributed by atoms with Crippen molar-refractivity contribution >= 4 is 22.4 Å². The standard InChI is InChI=1S/C15H11ClN2O/c16-15-9-17-13(8-18-15)10-19-14-6-5-11-3-1-2-4-12(11)7-14/h1-9H,10H2. The van der Waals surface area contributed by atoms with E-state index in [9.17, 15) is 0 Å². The van der Waals surface area contributed by atoms with Gasteiger partial charge in [0, 0.05) is 0 Å². The molecule has 19 heavy (non-hydrogen) atoms. The van der Waals surface area contributed by atoms with Crippen LogP contribution in [0.4, 0.5) is 0 Å². The maximum Gasteiger partial charge on any atom is 0.147 e. The summed E-state index contributed by atoms with van der Waals surface area (Å²) in [5.74, 6) is 0.815. The van der Waals surface area contributed by atoms with Crippen molar-refractivity contribution in [2.24, 2.45) is 0 Å². The summed E-state index contributed by atoms with van der Waals surface area (Å²) in [4.78, 5) is 8.10.